The third-order valence-corrected chi connectivity index (χ3v) is 6.54. The SMILES string of the molecule is Cc1ccc2c(c1)C(C)(C)c1ccc3c(sc4ccccc43)c1-2. The summed E-state index contributed by atoms with van der Waals surface area (Å²) in [6.45, 7) is 6.90. The first-order valence-corrected chi connectivity index (χ1v) is 8.95. The second kappa shape index (κ2) is 4.24. The lowest BCUT2D eigenvalue weighted by Gasteiger charge is -2.21. The molecule has 0 saturated carbocycles. The summed E-state index contributed by atoms with van der Waals surface area (Å²) < 4.78 is 2.83. The standard InChI is InChI=1S/C22H18S/c1-13-8-9-16-18(12-13)22(2,3)17-11-10-15-14-6-4-5-7-19(14)23-21(15)20(16)17/h4-12H,1-3H3. The van der Waals surface area contributed by atoms with E-state index in [1.807, 2.05) is 11.3 Å². The highest BCUT2D eigenvalue weighted by atomic mass is 32.1. The molecule has 0 atom stereocenters. The lowest BCUT2D eigenvalue weighted by Crippen LogP contribution is -2.14. The normalized spacial score (nSPS) is 15.1. The number of rotatable bonds is 0. The van der Waals surface area contributed by atoms with Crippen LogP contribution in [0.5, 0.6) is 0 Å². The maximum Gasteiger partial charge on any atom is 0.0437 e. The number of hydrogen-bond donors (Lipinski definition) is 0. The van der Waals surface area contributed by atoms with Gasteiger partial charge in [0.1, 0.15) is 0 Å². The molecule has 0 N–H and O–H groups in total. The fourth-order valence-electron chi connectivity index (χ4n) is 4.12. The zero-order valence-electron chi connectivity index (χ0n) is 13.6. The molecule has 0 radical (unpaired) electrons. The molecule has 23 heavy (non-hydrogen) atoms. The van der Waals surface area contributed by atoms with E-state index >= 15 is 0 Å². The molecule has 5 rings (SSSR count). The number of hydrogen-bond acceptors (Lipinski definition) is 1. The van der Waals surface area contributed by atoms with E-state index in [0.717, 1.165) is 0 Å². The molecule has 1 aliphatic rings. The molecule has 1 heterocycles. The Bertz CT molecular complexity index is 1100. The Morgan fingerprint density at radius 3 is 2.52 bits per heavy atom. The summed E-state index contributed by atoms with van der Waals surface area (Å²) in [5.41, 5.74) is 7.25. The molecular formula is C22H18S. The van der Waals surface area contributed by atoms with Crippen molar-refractivity contribution in [1.82, 2.24) is 0 Å². The maximum absolute atomic E-state index is 2.37. The average molecular weight is 314 g/mol. The van der Waals surface area contributed by atoms with Gasteiger partial charge in [-0.1, -0.05) is 67.9 Å². The lowest BCUT2D eigenvalue weighted by atomic mass is 9.82. The first kappa shape index (κ1) is 13.3. The quantitative estimate of drug-likeness (QED) is 0.340. The van der Waals surface area contributed by atoms with E-state index in [9.17, 15) is 0 Å². The van der Waals surface area contributed by atoms with Crippen molar-refractivity contribution in [3.8, 4) is 11.1 Å². The molecule has 0 amide bonds. The fraction of sp³-hybridized carbons (Fsp3) is 0.182. The molecule has 112 valence electrons. The van der Waals surface area contributed by atoms with Crippen LogP contribution in [-0.2, 0) is 5.41 Å². The summed E-state index contributed by atoms with van der Waals surface area (Å²) >= 11 is 1.94. The van der Waals surface area contributed by atoms with Gasteiger partial charge in [-0.05, 0) is 29.7 Å². The summed E-state index contributed by atoms with van der Waals surface area (Å²) in [5, 5.41) is 2.78. The predicted molar refractivity (Wildman–Crippen MR) is 102 cm³/mol. The predicted octanol–water partition coefficient (Wildman–Crippen LogP) is 6.67. The van der Waals surface area contributed by atoms with Gasteiger partial charge >= 0.3 is 0 Å². The molecule has 0 saturated heterocycles. The number of benzene rings is 3. The summed E-state index contributed by atoms with van der Waals surface area (Å²) in [4.78, 5) is 0. The molecule has 0 spiro atoms. The highest BCUT2D eigenvalue weighted by Gasteiger charge is 2.36. The summed E-state index contributed by atoms with van der Waals surface area (Å²) in [5.74, 6) is 0. The van der Waals surface area contributed by atoms with Crippen LogP contribution in [0.3, 0.4) is 0 Å². The van der Waals surface area contributed by atoms with Gasteiger partial charge in [0.2, 0.25) is 0 Å². The van der Waals surface area contributed by atoms with Crippen LogP contribution in [0.4, 0.5) is 0 Å². The molecule has 0 bridgehead atoms. The average Bonchev–Trinajstić information content (AvgIpc) is 3.02. The Balaban J connectivity index is 1.99. The molecule has 0 nitrogen and oxygen atoms in total. The molecule has 1 heteroatoms. The topological polar surface area (TPSA) is 0 Å². The Morgan fingerprint density at radius 1 is 0.826 bits per heavy atom. The first-order chi connectivity index (χ1) is 11.1. The van der Waals surface area contributed by atoms with Crippen molar-refractivity contribution in [3.05, 3.63) is 71.3 Å². The van der Waals surface area contributed by atoms with Crippen molar-refractivity contribution in [3.63, 3.8) is 0 Å². The van der Waals surface area contributed by atoms with Crippen LogP contribution in [0.15, 0.2) is 54.6 Å². The Morgan fingerprint density at radius 2 is 1.65 bits per heavy atom. The molecule has 1 aromatic heterocycles. The van der Waals surface area contributed by atoms with Crippen LogP contribution in [0.25, 0.3) is 31.3 Å². The van der Waals surface area contributed by atoms with Gasteiger partial charge in [0.15, 0.2) is 0 Å². The van der Waals surface area contributed by atoms with Crippen LogP contribution < -0.4 is 0 Å². The fourth-order valence-corrected chi connectivity index (χ4v) is 5.38. The van der Waals surface area contributed by atoms with Gasteiger partial charge in [0, 0.05) is 31.2 Å². The van der Waals surface area contributed by atoms with Gasteiger partial charge in [-0.15, -0.1) is 11.3 Å². The van der Waals surface area contributed by atoms with Crippen LogP contribution >= 0.6 is 11.3 Å². The van der Waals surface area contributed by atoms with Gasteiger partial charge in [0.25, 0.3) is 0 Å². The van der Waals surface area contributed by atoms with Crippen molar-refractivity contribution < 1.29 is 0 Å². The van der Waals surface area contributed by atoms with E-state index in [1.165, 1.54) is 48.0 Å². The van der Waals surface area contributed by atoms with Crippen LogP contribution in [0.1, 0.15) is 30.5 Å². The lowest BCUT2D eigenvalue weighted by molar-refractivity contribution is 0.660. The number of fused-ring (bicyclic) bond motifs is 7. The molecule has 0 aliphatic heterocycles. The summed E-state index contributed by atoms with van der Waals surface area (Å²) in [7, 11) is 0. The minimum absolute atomic E-state index is 0.0844. The van der Waals surface area contributed by atoms with Gasteiger partial charge in [0.05, 0.1) is 0 Å². The monoisotopic (exact) mass is 314 g/mol. The van der Waals surface area contributed by atoms with E-state index in [1.54, 1.807) is 0 Å². The van der Waals surface area contributed by atoms with Gasteiger partial charge in [-0.2, -0.15) is 0 Å². The van der Waals surface area contributed by atoms with E-state index < -0.39 is 0 Å². The summed E-state index contributed by atoms with van der Waals surface area (Å²) in [6.07, 6.45) is 0. The third kappa shape index (κ3) is 1.61. The Kier molecular flexibility index (Phi) is 2.46. The highest BCUT2D eigenvalue weighted by molar-refractivity contribution is 7.26. The van der Waals surface area contributed by atoms with Crippen molar-refractivity contribution in [2.75, 3.05) is 0 Å². The highest BCUT2D eigenvalue weighted by Crippen LogP contribution is 2.53. The molecule has 1 aliphatic carbocycles. The van der Waals surface area contributed by atoms with Crippen molar-refractivity contribution in [2.24, 2.45) is 0 Å². The van der Waals surface area contributed by atoms with E-state index in [4.69, 9.17) is 0 Å². The van der Waals surface area contributed by atoms with Crippen LogP contribution in [0, 0.1) is 6.92 Å². The zero-order chi connectivity index (χ0) is 15.8. The second-order valence-electron chi connectivity index (χ2n) is 7.14. The van der Waals surface area contributed by atoms with Gasteiger partial charge in [-0.25, -0.2) is 0 Å². The molecule has 0 fully saturated rings. The van der Waals surface area contributed by atoms with Crippen LogP contribution in [0.2, 0.25) is 0 Å². The number of aryl methyl sites for hydroxylation is 1. The smallest absolute Gasteiger partial charge is 0.0437 e. The maximum atomic E-state index is 2.37. The molecule has 0 unspecified atom stereocenters. The van der Waals surface area contributed by atoms with Gasteiger partial charge < -0.3 is 0 Å². The van der Waals surface area contributed by atoms with Crippen molar-refractivity contribution in [2.45, 2.75) is 26.2 Å². The molecular weight excluding hydrogens is 296 g/mol. The van der Waals surface area contributed by atoms with Crippen LogP contribution in [-0.4, -0.2) is 0 Å². The summed E-state index contributed by atoms with van der Waals surface area (Å²) in [6, 6.07) is 20.4. The van der Waals surface area contributed by atoms with E-state index in [0.29, 0.717) is 0 Å². The van der Waals surface area contributed by atoms with E-state index in [-0.39, 0.29) is 5.41 Å². The first-order valence-electron chi connectivity index (χ1n) is 8.13. The Labute approximate surface area is 140 Å². The van der Waals surface area contributed by atoms with E-state index in [2.05, 4.69) is 75.4 Å². The molecule has 3 aromatic carbocycles. The van der Waals surface area contributed by atoms with Gasteiger partial charge in [-0.3, -0.25) is 0 Å². The third-order valence-electron chi connectivity index (χ3n) is 5.34. The van der Waals surface area contributed by atoms with Crippen molar-refractivity contribution in [1.29, 1.82) is 0 Å². The Hall–Kier alpha value is -2.12. The van der Waals surface area contributed by atoms with Crippen molar-refractivity contribution >= 4 is 31.5 Å². The zero-order valence-corrected chi connectivity index (χ0v) is 14.4. The molecule has 4 aromatic rings. The second-order valence-corrected chi connectivity index (χ2v) is 8.19. The number of thiophene rings is 1. The minimum atomic E-state index is 0.0844. The minimum Gasteiger partial charge on any atom is -0.135 e. The largest absolute Gasteiger partial charge is 0.135 e.